The van der Waals surface area contributed by atoms with Gasteiger partial charge < -0.3 is 18.9 Å². The van der Waals surface area contributed by atoms with E-state index in [9.17, 15) is 0 Å². The third-order valence-corrected chi connectivity index (χ3v) is 9.54. The summed E-state index contributed by atoms with van der Waals surface area (Å²) in [6.45, 7) is 3.29. The number of ether oxygens (including phenoxy) is 4. The summed E-state index contributed by atoms with van der Waals surface area (Å²) < 4.78 is 27.3. The molecule has 5 nitrogen and oxygen atoms in total. The van der Waals surface area contributed by atoms with Gasteiger partial charge in [0.1, 0.15) is 23.7 Å². The van der Waals surface area contributed by atoms with E-state index in [4.69, 9.17) is 18.9 Å². The first-order chi connectivity index (χ1) is 23.8. The maximum absolute atomic E-state index is 7.05. The van der Waals surface area contributed by atoms with Crippen molar-refractivity contribution in [3.05, 3.63) is 179 Å². The fourth-order valence-electron chi connectivity index (χ4n) is 6.30. The quantitative estimate of drug-likeness (QED) is 0.106. The minimum Gasteiger partial charge on any atom is -0.374 e. The Labute approximate surface area is 289 Å². The van der Waals surface area contributed by atoms with Crippen LogP contribution in [0.4, 0.5) is 0 Å². The second-order valence-corrected chi connectivity index (χ2v) is 13.1. The third kappa shape index (κ3) is 9.66. The molecule has 1 aliphatic heterocycles. The summed E-state index contributed by atoms with van der Waals surface area (Å²) >= 11 is 1.72. The molecular formula is C42H45NO4S. The molecule has 5 atom stereocenters. The van der Waals surface area contributed by atoms with E-state index in [0.717, 1.165) is 29.8 Å². The van der Waals surface area contributed by atoms with Gasteiger partial charge in [0.05, 0.1) is 32.5 Å². The minimum absolute atomic E-state index is 0.115. The molecule has 0 bridgehead atoms. The molecular weight excluding hydrogens is 615 g/mol. The lowest BCUT2D eigenvalue weighted by Gasteiger charge is -2.50. The van der Waals surface area contributed by atoms with E-state index < -0.39 is 0 Å². The SMILES string of the molecule is CS[C@@H]1O[C@H](COCc2ccccc2)[C@H](OCc2ccccc2)[C@H](OCc2ccccc2)[C@H]1N(Cc1ccccc1)Cc1ccccc1. The summed E-state index contributed by atoms with van der Waals surface area (Å²) in [7, 11) is 0. The molecule has 0 N–H and O–H groups in total. The van der Waals surface area contributed by atoms with Crippen LogP contribution in [-0.4, -0.2) is 47.6 Å². The maximum atomic E-state index is 7.05. The van der Waals surface area contributed by atoms with Gasteiger partial charge in [-0.2, -0.15) is 0 Å². The van der Waals surface area contributed by atoms with Crippen LogP contribution in [0.5, 0.6) is 0 Å². The van der Waals surface area contributed by atoms with Gasteiger partial charge in [-0.25, -0.2) is 0 Å². The van der Waals surface area contributed by atoms with Crippen molar-refractivity contribution in [3.63, 3.8) is 0 Å². The zero-order valence-electron chi connectivity index (χ0n) is 27.6. The van der Waals surface area contributed by atoms with E-state index in [1.807, 2.05) is 42.5 Å². The molecule has 0 radical (unpaired) electrons. The van der Waals surface area contributed by atoms with Crippen molar-refractivity contribution < 1.29 is 18.9 Å². The summed E-state index contributed by atoms with van der Waals surface area (Å²) in [5, 5.41) is 0. The highest BCUT2D eigenvalue weighted by atomic mass is 32.2. The van der Waals surface area contributed by atoms with Crippen LogP contribution in [-0.2, 0) is 51.9 Å². The molecule has 48 heavy (non-hydrogen) atoms. The van der Waals surface area contributed by atoms with Crippen molar-refractivity contribution in [1.82, 2.24) is 4.90 Å². The standard InChI is InChI=1S/C42H45NO4S/c1-48-42-39(43(27-33-17-7-2-8-18-33)28-34-19-9-3-10-20-34)41(46-31-37-25-15-6-16-26-37)40(45-30-36-23-13-5-14-24-36)38(47-42)32-44-29-35-21-11-4-12-22-35/h2-26,38-42H,27-32H2,1H3/t38-,39-,40+,41-,42+/m1/s1. The normalized spacial score (nSPS) is 20.9. The van der Waals surface area contributed by atoms with Crippen molar-refractivity contribution in [3.8, 4) is 0 Å². The molecule has 6 heteroatoms. The van der Waals surface area contributed by atoms with Crippen LogP contribution >= 0.6 is 11.8 Å². The predicted octanol–water partition coefficient (Wildman–Crippen LogP) is 8.53. The topological polar surface area (TPSA) is 40.2 Å². The molecule has 0 saturated carbocycles. The molecule has 248 valence electrons. The summed E-state index contributed by atoms with van der Waals surface area (Å²) in [5.41, 5.74) is 5.66. The Morgan fingerprint density at radius 2 is 0.917 bits per heavy atom. The molecule has 6 rings (SSSR count). The van der Waals surface area contributed by atoms with Crippen molar-refractivity contribution in [2.24, 2.45) is 0 Å². The van der Waals surface area contributed by atoms with Crippen LogP contribution in [0, 0.1) is 0 Å². The number of hydrogen-bond acceptors (Lipinski definition) is 6. The van der Waals surface area contributed by atoms with Gasteiger partial charge in [-0.3, -0.25) is 4.90 Å². The van der Waals surface area contributed by atoms with E-state index in [-0.39, 0.29) is 29.8 Å². The van der Waals surface area contributed by atoms with Crippen molar-refractivity contribution in [2.75, 3.05) is 12.9 Å². The van der Waals surface area contributed by atoms with Gasteiger partial charge in [0, 0.05) is 13.1 Å². The molecule has 0 spiro atoms. The van der Waals surface area contributed by atoms with Crippen LogP contribution in [0.1, 0.15) is 27.8 Å². The lowest BCUT2D eigenvalue weighted by atomic mass is 9.94. The molecule has 0 aliphatic carbocycles. The van der Waals surface area contributed by atoms with Gasteiger partial charge >= 0.3 is 0 Å². The van der Waals surface area contributed by atoms with Crippen LogP contribution in [0.2, 0.25) is 0 Å². The van der Waals surface area contributed by atoms with E-state index in [2.05, 4.69) is 120 Å². The monoisotopic (exact) mass is 659 g/mol. The summed E-state index contributed by atoms with van der Waals surface area (Å²) in [5.74, 6) is 0. The van der Waals surface area contributed by atoms with Crippen molar-refractivity contribution in [1.29, 1.82) is 0 Å². The Bertz CT molecular complexity index is 1550. The van der Waals surface area contributed by atoms with Crippen LogP contribution in [0.25, 0.3) is 0 Å². The van der Waals surface area contributed by atoms with Gasteiger partial charge in [0.25, 0.3) is 0 Å². The third-order valence-electron chi connectivity index (χ3n) is 8.69. The molecule has 0 aromatic heterocycles. The minimum atomic E-state index is -0.382. The molecule has 1 saturated heterocycles. The lowest BCUT2D eigenvalue weighted by molar-refractivity contribution is -0.233. The summed E-state index contributed by atoms with van der Waals surface area (Å²) in [6, 6.07) is 52.2. The highest BCUT2D eigenvalue weighted by molar-refractivity contribution is 7.99. The number of hydrogen-bond donors (Lipinski definition) is 0. The molecule has 1 fully saturated rings. The van der Waals surface area contributed by atoms with Gasteiger partial charge in [-0.15, -0.1) is 11.8 Å². The Balaban J connectivity index is 1.35. The Hall–Kier alpha value is -3.75. The average Bonchev–Trinajstić information content (AvgIpc) is 3.15. The average molecular weight is 660 g/mol. The molecule has 0 unspecified atom stereocenters. The van der Waals surface area contributed by atoms with Gasteiger partial charge in [0.2, 0.25) is 0 Å². The lowest BCUT2D eigenvalue weighted by Crippen LogP contribution is -2.64. The Morgan fingerprint density at radius 1 is 0.521 bits per heavy atom. The summed E-state index contributed by atoms with van der Waals surface area (Å²) in [6.07, 6.45) is 1.11. The second-order valence-electron chi connectivity index (χ2n) is 12.2. The predicted molar refractivity (Wildman–Crippen MR) is 194 cm³/mol. The zero-order chi connectivity index (χ0) is 32.8. The van der Waals surface area contributed by atoms with E-state index in [1.54, 1.807) is 11.8 Å². The first-order valence-electron chi connectivity index (χ1n) is 16.7. The highest BCUT2D eigenvalue weighted by Crippen LogP contribution is 2.36. The fraction of sp³-hybridized carbons (Fsp3) is 0.286. The van der Waals surface area contributed by atoms with Crippen LogP contribution in [0.3, 0.4) is 0 Å². The van der Waals surface area contributed by atoms with Crippen molar-refractivity contribution >= 4 is 11.8 Å². The van der Waals surface area contributed by atoms with Gasteiger partial charge in [0.15, 0.2) is 0 Å². The van der Waals surface area contributed by atoms with Crippen molar-refractivity contribution in [2.45, 2.75) is 62.7 Å². The Morgan fingerprint density at radius 3 is 1.35 bits per heavy atom. The molecule has 1 aliphatic rings. The van der Waals surface area contributed by atoms with Crippen LogP contribution < -0.4 is 0 Å². The van der Waals surface area contributed by atoms with E-state index in [0.29, 0.717) is 26.4 Å². The highest BCUT2D eigenvalue weighted by Gasteiger charge is 2.49. The molecule has 1 heterocycles. The second kappa shape index (κ2) is 18.1. The molecule has 0 amide bonds. The first kappa shape index (κ1) is 34.1. The number of benzene rings is 5. The number of thioether (sulfide) groups is 1. The van der Waals surface area contributed by atoms with E-state index >= 15 is 0 Å². The molecule has 5 aromatic carbocycles. The zero-order valence-corrected chi connectivity index (χ0v) is 28.4. The molecule has 5 aromatic rings. The smallest absolute Gasteiger partial charge is 0.121 e. The fourth-order valence-corrected chi connectivity index (χ4v) is 7.16. The largest absolute Gasteiger partial charge is 0.374 e. The first-order valence-corrected chi connectivity index (χ1v) is 18.0. The van der Waals surface area contributed by atoms with Gasteiger partial charge in [-0.05, 0) is 34.1 Å². The Kier molecular flexibility index (Phi) is 12.9. The number of nitrogens with zero attached hydrogens (tertiary/aromatic N) is 1. The maximum Gasteiger partial charge on any atom is 0.121 e. The van der Waals surface area contributed by atoms with Gasteiger partial charge in [-0.1, -0.05) is 152 Å². The summed E-state index contributed by atoms with van der Waals surface area (Å²) in [4.78, 5) is 2.52. The van der Waals surface area contributed by atoms with Crippen LogP contribution in [0.15, 0.2) is 152 Å². The number of rotatable bonds is 16. The van der Waals surface area contributed by atoms with E-state index in [1.165, 1.54) is 11.1 Å².